The summed E-state index contributed by atoms with van der Waals surface area (Å²) in [7, 11) is -3.36. The molecule has 1 aromatic heterocycles. The van der Waals surface area contributed by atoms with Crippen LogP contribution in [0.5, 0.6) is 0 Å². The van der Waals surface area contributed by atoms with Gasteiger partial charge in [0.05, 0.1) is 22.7 Å². The molecule has 2 N–H and O–H groups in total. The van der Waals surface area contributed by atoms with E-state index in [1.807, 2.05) is 20.8 Å². The highest BCUT2D eigenvalue weighted by Gasteiger charge is 2.35. The number of nitrogens with zero attached hydrogens (tertiary/aromatic N) is 2. The lowest BCUT2D eigenvalue weighted by Gasteiger charge is -2.29. The number of amides is 1. The van der Waals surface area contributed by atoms with Crippen molar-refractivity contribution in [3.05, 3.63) is 24.0 Å². The van der Waals surface area contributed by atoms with Gasteiger partial charge in [0.1, 0.15) is 5.60 Å². The molecule has 1 atom stereocenters. The highest BCUT2D eigenvalue weighted by atomic mass is 32.2. The van der Waals surface area contributed by atoms with E-state index in [9.17, 15) is 13.2 Å². The monoisotopic (exact) mass is 438 g/mol. The van der Waals surface area contributed by atoms with Crippen LogP contribution in [0.2, 0.25) is 0 Å². The van der Waals surface area contributed by atoms with E-state index in [4.69, 9.17) is 4.74 Å². The highest BCUT2D eigenvalue weighted by molar-refractivity contribution is 7.93. The van der Waals surface area contributed by atoms with Crippen molar-refractivity contribution in [2.24, 2.45) is 0 Å². The van der Waals surface area contributed by atoms with Crippen LogP contribution in [0.25, 0.3) is 0 Å². The van der Waals surface area contributed by atoms with Crippen LogP contribution in [0.1, 0.15) is 71.0 Å². The van der Waals surface area contributed by atoms with Gasteiger partial charge in [0, 0.05) is 12.7 Å². The molecule has 1 saturated carbocycles. The number of carbonyl (C=O) groups excluding carboxylic acids is 1. The summed E-state index contributed by atoms with van der Waals surface area (Å²) < 4.78 is 32.6. The minimum Gasteiger partial charge on any atom is -0.444 e. The summed E-state index contributed by atoms with van der Waals surface area (Å²) in [6.45, 7) is 8.42. The number of ether oxygens (including phenoxy) is 1. The van der Waals surface area contributed by atoms with Crippen LogP contribution in [0.4, 0.5) is 10.5 Å². The number of pyridine rings is 1. The first-order valence-corrected chi connectivity index (χ1v) is 12.4. The first kappa shape index (κ1) is 22.8. The molecular weight excluding hydrogens is 404 g/mol. The van der Waals surface area contributed by atoms with E-state index in [0.29, 0.717) is 30.6 Å². The van der Waals surface area contributed by atoms with Crippen molar-refractivity contribution in [2.75, 3.05) is 24.4 Å². The summed E-state index contributed by atoms with van der Waals surface area (Å²) >= 11 is 0. The molecule has 2 aliphatic rings. The van der Waals surface area contributed by atoms with Gasteiger partial charge in [-0.25, -0.2) is 13.2 Å². The minimum atomic E-state index is -3.36. The number of hydrogen-bond donors (Lipinski definition) is 2. The van der Waals surface area contributed by atoms with Crippen LogP contribution in [0.3, 0.4) is 0 Å². The third kappa shape index (κ3) is 7.12. The molecule has 0 bridgehead atoms. The van der Waals surface area contributed by atoms with Crippen LogP contribution >= 0.6 is 0 Å². The van der Waals surface area contributed by atoms with Crippen LogP contribution in [-0.4, -0.2) is 54.9 Å². The molecule has 1 saturated heterocycles. The Kier molecular flexibility index (Phi) is 7.23. The Morgan fingerprint density at radius 3 is 2.60 bits per heavy atom. The van der Waals surface area contributed by atoms with Crippen molar-refractivity contribution >= 4 is 21.8 Å². The predicted molar refractivity (Wildman–Crippen MR) is 117 cm³/mol. The molecule has 30 heavy (non-hydrogen) atoms. The maximum absolute atomic E-state index is 12.4. The number of carbonyl (C=O) groups is 1. The predicted octanol–water partition coefficient (Wildman–Crippen LogP) is 3.43. The maximum atomic E-state index is 12.4. The zero-order valence-corrected chi connectivity index (χ0v) is 19.0. The van der Waals surface area contributed by atoms with Gasteiger partial charge >= 0.3 is 6.09 Å². The average molecular weight is 439 g/mol. The molecule has 0 aromatic carbocycles. The molecule has 9 heteroatoms. The van der Waals surface area contributed by atoms with Crippen molar-refractivity contribution in [1.82, 2.24) is 15.2 Å². The fraction of sp³-hybridized carbons (Fsp3) is 0.714. The first-order chi connectivity index (χ1) is 14.1. The third-order valence-electron chi connectivity index (χ3n) is 5.24. The second kappa shape index (κ2) is 9.51. The van der Waals surface area contributed by atoms with Crippen LogP contribution in [0.15, 0.2) is 18.3 Å². The van der Waals surface area contributed by atoms with Crippen LogP contribution in [-0.2, 0) is 14.8 Å². The van der Waals surface area contributed by atoms with Gasteiger partial charge in [-0.05, 0) is 78.1 Å². The smallest absolute Gasteiger partial charge is 0.408 e. The lowest BCUT2D eigenvalue weighted by molar-refractivity contribution is 0.0495. The number of nitrogens with one attached hydrogen (secondary N) is 2. The van der Waals surface area contributed by atoms with Gasteiger partial charge in [0.25, 0.3) is 0 Å². The molecule has 2 fully saturated rings. The molecular formula is C21H34N4O4S. The highest BCUT2D eigenvalue weighted by Crippen LogP contribution is 2.30. The molecule has 1 unspecified atom stereocenters. The SMILES string of the molecule is CC(C)(C)OC(=O)NC(CCN1CCCCC1)c1cc(NS(=O)(=O)C2CC2)ccn1. The summed E-state index contributed by atoms with van der Waals surface area (Å²) in [5, 5.41) is 2.63. The zero-order chi connectivity index (χ0) is 21.8. The Balaban J connectivity index is 1.72. The van der Waals surface area contributed by atoms with Gasteiger partial charge in [-0.15, -0.1) is 0 Å². The Labute approximate surface area is 179 Å². The van der Waals surface area contributed by atoms with E-state index in [2.05, 4.69) is 19.9 Å². The van der Waals surface area contributed by atoms with Gasteiger partial charge in [0.15, 0.2) is 0 Å². The molecule has 168 valence electrons. The summed E-state index contributed by atoms with van der Waals surface area (Å²) in [4.78, 5) is 19.2. The lowest BCUT2D eigenvalue weighted by atomic mass is 10.1. The van der Waals surface area contributed by atoms with Crippen molar-refractivity contribution in [1.29, 1.82) is 0 Å². The van der Waals surface area contributed by atoms with Crippen LogP contribution < -0.4 is 10.0 Å². The van der Waals surface area contributed by atoms with Crippen molar-refractivity contribution in [3.63, 3.8) is 0 Å². The normalized spacial score (nSPS) is 19.2. The first-order valence-electron chi connectivity index (χ1n) is 10.8. The summed E-state index contributed by atoms with van der Waals surface area (Å²) in [6, 6.07) is 2.98. The number of likely N-dealkylation sites (tertiary alicyclic amines) is 1. The van der Waals surface area contributed by atoms with Crippen molar-refractivity contribution in [3.8, 4) is 0 Å². The second-order valence-electron chi connectivity index (χ2n) is 9.21. The average Bonchev–Trinajstić information content (AvgIpc) is 3.50. The van der Waals surface area contributed by atoms with E-state index in [1.54, 1.807) is 18.3 Å². The molecule has 1 aromatic rings. The summed E-state index contributed by atoms with van der Waals surface area (Å²) in [5.41, 5.74) is 0.492. The van der Waals surface area contributed by atoms with Crippen molar-refractivity contribution in [2.45, 2.75) is 76.2 Å². The number of hydrogen-bond acceptors (Lipinski definition) is 6. The van der Waals surface area contributed by atoms with Gasteiger partial charge in [-0.3, -0.25) is 9.71 Å². The van der Waals surface area contributed by atoms with Gasteiger partial charge in [-0.1, -0.05) is 6.42 Å². The zero-order valence-electron chi connectivity index (χ0n) is 18.2. The Hall–Kier alpha value is -1.87. The maximum Gasteiger partial charge on any atom is 0.408 e. The Morgan fingerprint density at radius 1 is 1.27 bits per heavy atom. The topological polar surface area (TPSA) is 101 Å². The van der Waals surface area contributed by atoms with E-state index in [0.717, 1.165) is 19.6 Å². The number of alkyl carbamates (subject to hydrolysis) is 1. The number of piperidine rings is 1. The quantitative estimate of drug-likeness (QED) is 0.645. The Morgan fingerprint density at radius 2 is 1.97 bits per heavy atom. The molecule has 8 nitrogen and oxygen atoms in total. The summed E-state index contributed by atoms with van der Waals surface area (Å²) in [6.07, 6.45) is 6.80. The Bertz CT molecular complexity index is 828. The number of rotatable bonds is 8. The molecule has 0 spiro atoms. The molecule has 1 aliphatic carbocycles. The van der Waals surface area contributed by atoms with E-state index in [-0.39, 0.29) is 11.3 Å². The standard InChI is InChI=1S/C21H34N4O4S/c1-21(2,3)29-20(26)23-18(10-14-25-12-5-4-6-13-25)19-15-16(9-11-22-19)24-30(27,28)17-7-8-17/h9,11,15,17-18H,4-8,10,12-14H2,1-3H3,(H,22,24)(H,23,26). The van der Waals surface area contributed by atoms with Gasteiger partial charge in [0.2, 0.25) is 10.0 Å². The molecule has 3 rings (SSSR count). The third-order valence-corrected chi connectivity index (χ3v) is 7.10. The second-order valence-corrected chi connectivity index (χ2v) is 11.2. The molecule has 1 aliphatic heterocycles. The lowest BCUT2D eigenvalue weighted by Crippen LogP contribution is -2.38. The molecule has 0 radical (unpaired) electrons. The number of aromatic nitrogens is 1. The summed E-state index contributed by atoms with van der Waals surface area (Å²) in [5.74, 6) is 0. The number of anilines is 1. The largest absolute Gasteiger partial charge is 0.444 e. The van der Waals surface area contributed by atoms with Gasteiger partial charge < -0.3 is 15.0 Å². The van der Waals surface area contributed by atoms with E-state index >= 15 is 0 Å². The fourth-order valence-electron chi connectivity index (χ4n) is 3.57. The van der Waals surface area contributed by atoms with Gasteiger partial charge in [-0.2, -0.15) is 0 Å². The van der Waals surface area contributed by atoms with Crippen LogP contribution in [0, 0.1) is 0 Å². The van der Waals surface area contributed by atoms with E-state index < -0.39 is 21.7 Å². The molecule has 1 amide bonds. The van der Waals surface area contributed by atoms with Crippen molar-refractivity contribution < 1.29 is 17.9 Å². The fourth-order valence-corrected chi connectivity index (χ4v) is 4.95. The number of sulfonamides is 1. The van der Waals surface area contributed by atoms with E-state index in [1.165, 1.54) is 19.3 Å². The molecule has 2 heterocycles. The minimum absolute atomic E-state index is 0.302.